The van der Waals surface area contributed by atoms with Gasteiger partial charge in [-0.3, -0.25) is 18.9 Å². The van der Waals surface area contributed by atoms with Gasteiger partial charge in [0.05, 0.1) is 6.10 Å². The van der Waals surface area contributed by atoms with E-state index in [1.807, 2.05) is 16.8 Å². The van der Waals surface area contributed by atoms with Crippen LogP contribution in [0.15, 0.2) is 15.7 Å². The second-order valence-corrected chi connectivity index (χ2v) is 11.4. The number of hydrogen-bond donors (Lipinski definition) is 7. The topological polar surface area (TPSA) is 264 Å². The highest BCUT2D eigenvalue weighted by molar-refractivity contribution is 7.66. The largest absolute Gasteiger partial charge is 0.490 e. The van der Waals surface area contributed by atoms with Crippen molar-refractivity contribution in [2.24, 2.45) is 0 Å². The lowest BCUT2D eigenvalue weighted by molar-refractivity contribution is -0.0878. The number of phosphoric acid groups is 3. The maximum atomic E-state index is 12.7. The number of aromatic amines is 1. The van der Waals surface area contributed by atoms with Gasteiger partial charge in [-0.1, -0.05) is 11.8 Å². The van der Waals surface area contributed by atoms with Crippen LogP contribution >= 0.6 is 23.5 Å². The minimum atomic E-state index is -5.85. The molecule has 7 N–H and O–H groups in total. The molecule has 0 aromatic carbocycles. The van der Waals surface area contributed by atoms with Gasteiger partial charge in [0.25, 0.3) is 5.56 Å². The highest BCUT2D eigenvalue weighted by Crippen LogP contribution is 2.66. The van der Waals surface area contributed by atoms with E-state index in [0.29, 0.717) is 4.57 Å². The first kappa shape index (κ1) is 29.7. The number of phosphoric ester groups is 1. The molecule has 1 aliphatic rings. The molecule has 35 heavy (non-hydrogen) atoms. The van der Waals surface area contributed by atoms with E-state index in [0.717, 1.165) is 13.0 Å². The molecule has 0 saturated carbocycles. The third-order valence-electron chi connectivity index (χ3n) is 4.36. The first-order valence-electron chi connectivity index (χ1n) is 9.08. The molecule has 0 bridgehead atoms. The van der Waals surface area contributed by atoms with E-state index in [9.17, 15) is 47.7 Å². The number of aliphatic hydroxyl groups excluding tert-OH is 1. The van der Waals surface area contributed by atoms with Gasteiger partial charge in [0.15, 0.2) is 11.8 Å². The van der Waals surface area contributed by atoms with Crippen LogP contribution in [-0.4, -0.2) is 69.9 Å². The molecule has 198 valence electrons. The zero-order chi connectivity index (χ0) is 27.0. The van der Waals surface area contributed by atoms with E-state index in [2.05, 4.69) is 13.1 Å². The molecule has 1 saturated heterocycles. The fourth-order valence-electron chi connectivity index (χ4n) is 3.14. The van der Waals surface area contributed by atoms with E-state index in [4.69, 9.17) is 14.5 Å². The van der Waals surface area contributed by atoms with E-state index in [1.165, 1.54) is 6.92 Å². The second kappa shape index (κ2) is 10.4. The number of H-pyrrole nitrogens is 1. The lowest BCUT2D eigenvalue weighted by atomic mass is 9.92. The minimum Gasteiger partial charge on any atom is -0.386 e. The molecule has 0 spiro atoms. The highest BCUT2D eigenvalue weighted by Gasteiger charge is 2.59. The third-order valence-corrected chi connectivity index (χ3v) is 8.29. The van der Waals surface area contributed by atoms with Crippen LogP contribution in [0.2, 0.25) is 0 Å². The van der Waals surface area contributed by atoms with E-state index < -0.39 is 71.5 Å². The number of hydrogen-bond acceptors (Lipinski definition) is 11. The summed E-state index contributed by atoms with van der Waals surface area (Å²) in [6, 6.07) is 0.920. The van der Waals surface area contributed by atoms with Gasteiger partial charge in [0.1, 0.15) is 18.9 Å². The molecule has 21 heteroatoms. The van der Waals surface area contributed by atoms with Gasteiger partial charge >= 0.3 is 29.2 Å². The molecule has 2 rings (SSSR count). The Morgan fingerprint density at radius 1 is 1.23 bits per heavy atom. The van der Waals surface area contributed by atoms with Gasteiger partial charge in [-0.15, -0.1) is 0 Å². The predicted octanol–water partition coefficient (Wildman–Crippen LogP) is -1.46. The SMILES string of the molecule is Cc1cc(=O)[nH]c(=O)n1[C@@H]1O[C@H]([C@H](C)OP(=O)(O)OP(=O)(O)OP(=O)(O)O)[C@H](O)C1(O)C#CCF. The van der Waals surface area contributed by atoms with Crippen LogP contribution in [0.25, 0.3) is 0 Å². The van der Waals surface area contributed by atoms with Gasteiger partial charge in [-0.2, -0.15) is 8.62 Å². The molecule has 3 unspecified atom stereocenters. The monoisotopic (exact) mass is 568 g/mol. The second-order valence-electron chi connectivity index (χ2n) is 7.01. The van der Waals surface area contributed by atoms with Gasteiger partial charge < -0.3 is 34.5 Å². The molecule has 0 amide bonds. The Bertz CT molecular complexity index is 1280. The van der Waals surface area contributed by atoms with Gasteiger partial charge in [-0.05, 0) is 13.8 Å². The van der Waals surface area contributed by atoms with Crippen molar-refractivity contribution in [1.82, 2.24) is 9.55 Å². The molecule has 1 aromatic rings. The maximum Gasteiger partial charge on any atom is 0.490 e. The number of aliphatic hydroxyl groups is 2. The molecular formula is C14H20FN2O15P3. The van der Waals surface area contributed by atoms with Crippen molar-refractivity contribution < 1.29 is 65.8 Å². The minimum absolute atomic E-state index is 0.0994. The molecule has 17 nitrogen and oxygen atoms in total. The first-order valence-corrected chi connectivity index (χ1v) is 13.6. The fourth-order valence-corrected chi connectivity index (χ4v) is 6.34. The Balaban J connectivity index is 2.40. The first-order chi connectivity index (χ1) is 15.8. The number of ether oxygens (including phenoxy) is 1. The van der Waals surface area contributed by atoms with Crippen LogP contribution in [-0.2, 0) is 31.6 Å². The number of halogens is 1. The predicted molar refractivity (Wildman–Crippen MR) is 109 cm³/mol. The molecule has 1 fully saturated rings. The lowest BCUT2D eigenvalue weighted by Crippen LogP contribution is -2.49. The van der Waals surface area contributed by atoms with Gasteiger partial charge in [0.2, 0.25) is 0 Å². The van der Waals surface area contributed by atoms with Crippen LogP contribution in [0.1, 0.15) is 18.8 Å². The third kappa shape index (κ3) is 7.25. The summed E-state index contributed by atoms with van der Waals surface area (Å²) < 4.78 is 64.8. The van der Waals surface area contributed by atoms with Crippen LogP contribution < -0.4 is 11.2 Å². The van der Waals surface area contributed by atoms with E-state index in [-0.39, 0.29) is 5.69 Å². The summed E-state index contributed by atoms with van der Waals surface area (Å²) in [5, 5.41) is 21.6. The number of rotatable bonds is 8. The van der Waals surface area contributed by atoms with E-state index >= 15 is 0 Å². The summed E-state index contributed by atoms with van der Waals surface area (Å²) in [6.45, 7) is 0.876. The quantitative estimate of drug-likeness (QED) is 0.140. The smallest absolute Gasteiger partial charge is 0.386 e. The van der Waals surface area contributed by atoms with Crippen molar-refractivity contribution in [2.45, 2.75) is 44.0 Å². The summed E-state index contributed by atoms with van der Waals surface area (Å²) >= 11 is 0. The molecule has 1 aliphatic heterocycles. The summed E-state index contributed by atoms with van der Waals surface area (Å²) in [6.07, 6.45) is -7.81. The Kier molecular flexibility index (Phi) is 8.86. The zero-order valence-corrected chi connectivity index (χ0v) is 20.3. The molecule has 0 aliphatic carbocycles. The van der Waals surface area contributed by atoms with Crippen molar-refractivity contribution in [3.05, 3.63) is 32.6 Å². The summed E-state index contributed by atoms with van der Waals surface area (Å²) in [5.41, 5.74) is -4.80. The van der Waals surface area contributed by atoms with Crippen molar-refractivity contribution in [1.29, 1.82) is 0 Å². The van der Waals surface area contributed by atoms with Crippen molar-refractivity contribution in [3.63, 3.8) is 0 Å². The van der Waals surface area contributed by atoms with Gasteiger partial charge in [-0.25, -0.2) is 22.9 Å². The maximum absolute atomic E-state index is 12.7. The zero-order valence-electron chi connectivity index (χ0n) is 17.6. The Hall–Kier alpha value is -1.54. The molecule has 0 radical (unpaired) electrons. The Morgan fingerprint density at radius 3 is 2.34 bits per heavy atom. The average molecular weight is 568 g/mol. The number of alkyl halides is 1. The number of nitrogens with one attached hydrogen (secondary N) is 1. The molecular weight excluding hydrogens is 548 g/mol. The standard InChI is InChI=1S/C14H20FN2O15P3/c1-7-6-9(18)16-13(20)17(7)12-14(21,4-3-5-15)11(19)10(29-12)8(2)30-34(25,26)32-35(27,28)31-33(22,23)24/h6,8,10-12,19,21H,5H2,1-2H3,(H,25,26)(H,27,28)(H,16,18,20)(H2,22,23,24)/t8-,10+,11-,12+,14?/m0/s1. The van der Waals surface area contributed by atoms with Crippen molar-refractivity contribution >= 4 is 23.5 Å². The molecule has 2 heterocycles. The summed E-state index contributed by atoms with van der Waals surface area (Å²) in [5.74, 6) is 3.83. The fraction of sp³-hybridized carbons (Fsp3) is 0.571. The number of aryl methyl sites for hydroxylation is 1. The van der Waals surface area contributed by atoms with Crippen LogP contribution in [0.4, 0.5) is 4.39 Å². The molecule has 1 aromatic heterocycles. The van der Waals surface area contributed by atoms with Crippen LogP contribution in [0, 0.1) is 18.8 Å². The number of aromatic nitrogens is 2. The van der Waals surface area contributed by atoms with Gasteiger partial charge in [0, 0.05) is 11.8 Å². The Morgan fingerprint density at radius 2 is 1.83 bits per heavy atom. The number of nitrogens with zero attached hydrogens (tertiary/aromatic N) is 1. The lowest BCUT2D eigenvalue weighted by Gasteiger charge is -2.28. The normalized spacial score (nSPS) is 29.0. The Labute approximate surface area is 194 Å². The summed E-state index contributed by atoms with van der Waals surface area (Å²) in [4.78, 5) is 61.8. The van der Waals surface area contributed by atoms with Crippen molar-refractivity contribution in [3.8, 4) is 11.8 Å². The van der Waals surface area contributed by atoms with Crippen molar-refractivity contribution in [2.75, 3.05) is 6.67 Å². The van der Waals surface area contributed by atoms with E-state index in [1.54, 1.807) is 0 Å². The average Bonchev–Trinajstić information content (AvgIpc) is 2.88. The van der Waals surface area contributed by atoms with Crippen LogP contribution in [0.5, 0.6) is 0 Å². The highest BCUT2D eigenvalue weighted by atomic mass is 31.3. The van der Waals surface area contributed by atoms with Crippen LogP contribution in [0.3, 0.4) is 0 Å². The summed E-state index contributed by atoms with van der Waals surface area (Å²) in [7, 11) is -17.2. The molecule has 7 atom stereocenters.